The minimum absolute atomic E-state index is 0.167. The highest BCUT2D eigenvalue weighted by molar-refractivity contribution is 5.72. The maximum atomic E-state index is 10.8. The molecule has 0 spiro atoms. The summed E-state index contributed by atoms with van der Waals surface area (Å²) in [6.07, 6.45) is -0.918. The summed E-state index contributed by atoms with van der Waals surface area (Å²) in [7, 11) is 0. The Labute approximate surface area is 77.2 Å². The zero-order valence-electron chi connectivity index (χ0n) is 7.90. The van der Waals surface area contributed by atoms with Gasteiger partial charge in [-0.25, -0.2) is 0 Å². The first-order valence-corrected chi connectivity index (χ1v) is 4.43. The lowest BCUT2D eigenvalue weighted by Crippen LogP contribution is -2.47. The van der Waals surface area contributed by atoms with Crippen molar-refractivity contribution in [3.63, 3.8) is 0 Å². The predicted octanol–water partition coefficient (Wildman–Crippen LogP) is 0.229. The Kier molecular flexibility index (Phi) is 2.63. The van der Waals surface area contributed by atoms with Gasteiger partial charge in [-0.3, -0.25) is 4.79 Å². The molecule has 4 heteroatoms. The monoisotopic (exact) mass is 188 g/mol. The van der Waals surface area contributed by atoms with E-state index in [9.17, 15) is 15.0 Å². The van der Waals surface area contributed by atoms with Crippen molar-refractivity contribution >= 4 is 5.97 Å². The topological polar surface area (TPSA) is 77.8 Å². The van der Waals surface area contributed by atoms with Crippen LogP contribution >= 0.6 is 0 Å². The highest BCUT2D eigenvalue weighted by atomic mass is 16.4. The summed E-state index contributed by atoms with van der Waals surface area (Å²) in [6.45, 7) is 3.52. The Hall–Kier alpha value is -0.610. The van der Waals surface area contributed by atoms with Crippen LogP contribution in [0, 0.1) is 11.3 Å². The molecule has 1 aliphatic rings. The van der Waals surface area contributed by atoms with Gasteiger partial charge in [-0.05, 0) is 11.8 Å². The second kappa shape index (κ2) is 3.27. The van der Waals surface area contributed by atoms with E-state index in [1.807, 2.05) is 0 Å². The lowest BCUT2D eigenvalue weighted by molar-refractivity contribution is -0.159. The van der Waals surface area contributed by atoms with Crippen molar-refractivity contribution in [2.45, 2.75) is 38.9 Å². The molecule has 0 aliphatic heterocycles. The van der Waals surface area contributed by atoms with Gasteiger partial charge in [0.15, 0.2) is 0 Å². The van der Waals surface area contributed by atoms with Gasteiger partial charge in [0.05, 0.1) is 18.1 Å². The van der Waals surface area contributed by atoms with Crippen LogP contribution < -0.4 is 0 Å². The number of hydrogen-bond acceptors (Lipinski definition) is 3. The Morgan fingerprint density at radius 1 is 1.38 bits per heavy atom. The molecular weight excluding hydrogens is 172 g/mol. The van der Waals surface area contributed by atoms with E-state index in [0.717, 1.165) is 0 Å². The highest BCUT2D eigenvalue weighted by Gasteiger charge is 2.46. The van der Waals surface area contributed by atoms with Gasteiger partial charge in [0.2, 0.25) is 0 Å². The summed E-state index contributed by atoms with van der Waals surface area (Å²) in [5.41, 5.74) is -0.539. The highest BCUT2D eigenvalue weighted by Crippen LogP contribution is 2.40. The van der Waals surface area contributed by atoms with Crippen molar-refractivity contribution in [2.75, 3.05) is 0 Å². The van der Waals surface area contributed by atoms with E-state index in [0.29, 0.717) is 6.42 Å². The largest absolute Gasteiger partial charge is 0.481 e. The van der Waals surface area contributed by atoms with E-state index in [-0.39, 0.29) is 6.42 Å². The van der Waals surface area contributed by atoms with Crippen LogP contribution in [0.5, 0.6) is 0 Å². The van der Waals surface area contributed by atoms with Crippen LogP contribution in [0.2, 0.25) is 0 Å². The van der Waals surface area contributed by atoms with Crippen LogP contribution in [0.1, 0.15) is 26.7 Å². The van der Waals surface area contributed by atoms with Crippen LogP contribution in [0.25, 0.3) is 0 Å². The summed E-state index contributed by atoms with van der Waals surface area (Å²) in [5.74, 6) is -1.75. The first-order valence-electron chi connectivity index (χ1n) is 4.43. The number of aliphatic carboxylic acids is 1. The lowest BCUT2D eigenvalue weighted by Gasteiger charge is -2.41. The van der Waals surface area contributed by atoms with Gasteiger partial charge >= 0.3 is 5.97 Å². The first kappa shape index (κ1) is 10.5. The van der Waals surface area contributed by atoms with Crippen LogP contribution in [0.15, 0.2) is 0 Å². The van der Waals surface area contributed by atoms with Gasteiger partial charge in [0.25, 0.3) is 0 Å². The molecule has 3 unspecified atom stereocenters. The molecule has 0 saturated heterocycles. The SMILES string of the molecule is CC1(C)CC(O)CC(O)C1C(=O)O. The standard InChI is InChI=1S/C9H16O4/c1-9(2)4-5(10)3-6(11)7(9)8(12)13/h5-7,10-11H,3-4H2,1-2H3,(H,12,13). The molecule has 1 fully saturated rings. The fraction of sp³-hybridized carbons (Fsp3) is 0.889. The van der Waals surface area contributed by atoms with Crippen molar-refractivity contribution in [3.8, 4) is 0 Å². The molecular formula is C9H16O4. The summed E-state index contributed by atoms with van der Waals surface area (Å²) >= 11 is 0. The molecule has 0 aromatic heterocycles. The van der Waals surface area contributed by atoms with Crippen LogP contribution in [0.4, 0.5) is 0 Å². The van der Waals surface area contributed by atoms with Gasteiger partial charge in [-0.15, -0.1) is 0 Å². The van der Waals surface area contributed by atoms with Gasteiger partial charge in [-0.1, -0.05) is 13.8 Å². The molecule has 4 nitrogen and oxygen atoms in total. The average molecular weight is 188 g/mol. The molecule has 0 aromatic rings. The van der Waals surface area contributed by atoms with Crippen LogP contribution in [-0.4, -0.2) is 33.5 Å². The summed E-state index contributed by atoms with van der Waals surface area (Å²) in [4.78, 5) is 10.8. The fourth-order valence-electron chi connectivity index (χ4n) is 2.25. The van der Waals surface area contributed by atoms with Crippen LogP contribution in [0.3, 0.4) is 0 Å². The number of aliphatic hydroxyl groups excluding tert-OH is 2. The van der Waals surface area contributed by atoms with Gasteiger partial charge in [0, 0.05) is 6.42 Å². The molecule has 13 heavy (non-hydrogen) atoms. The number of carboxylic acids is 1. The summed E-state index contributed by atoms with van der Waals surface area (Å²) in [6, 6.07) is 0. The van der Waals surface area contributed by atoms with Crippen LogP contribution in [-0.2, 0) is 4.79 Å². The Morgan fingerprint density at radius 3 is 2.31 bits per heavy atom. The smallest absolute Gasteiger partial charge is 0.309 e. The molecule has 3 N–H and O–H groups in total. The molecule has 1 rings (SSSR count). The van der Waals surface area contributed by atoms with Gasteiger partial charge in [0.1, 0.15) is 0 Å². The average Bonchev–Trinajstić information content (AvgIpc) is 1.78. The van der Waals surface area contributed by atoms with Gasteiger partial charge in [-0.2, -0.15) is 0 Å². The van der Waals surface area contributed by atoms with E-state index in [1.165, 1.54) is 0 Å². The third-order valence-electron chi connectivity index (χ3n) is 2.77. The summed E-state index contributed by atoms with van der Waals surface area (Å²) in [5, 5.41) is 27.8. The van der Waals surface area contributed by atoms with Crippen molar-refractivity contribution in [2.24, 2.45) is 11.3 Å². The van der Waals surface area contributed by atoms with E-state index < -0.39 is 29.5 Å². The molecule has 76 valence electrons. The van der Waals surface area contributed by atoms with Crippen molar-refractivity contribution in [3.05, 3.63) is 0 Å². The second-order valence-electron chi connectivity index (χ2n) is 4.47. The maximum absolute atomic E-state index is 10.8. The Balaban J connectivity index is 2.85. The normalized spacial score (nSPS) is 38.6. The minimum Gasteiger partial charge on any atom is -0.481 e. The predicted molar refractivity (Wildman–Crippen MR) is 46.2 cm³/mol. The number of rotatable bonds is 1. The van der Waals surface area contributed by atoms with Crippen molar-refractivity contribution in [1.29, 1.82) is 0 Å². The maximum Gasteiger partial charge on any atom is 0.309 e. The second-order valence-corrected chi connectivity index (χ2v) is 4.47. The van der Waals surface area contributed by atoms with Gasteiger partial charge < -0.3 is 15.3 Å². The Bertz CT molecular complexity index is 212. The molecule has 0 amide bonds. The number of carbonyl (C=O) groups is 1. The van der Waals surface area contributed by atoms with Crippen molar-refractivity contribution < 1.29 is 20.1 Å². The quantitative estimate of drug-likeness (QED) is 0.550. The van der Waals surface area contributed by atoms with E-state index in [1.54, 1.807) is 13.8 Å². The molecule has 1 aliphatic carbocycles. The summed E-state index contributed by atoms with van der Waals surface area (Å²) < 4.78 is 0. The van der Waals surface area contributed by atoms with E-state index in [2.05, 4.69) is 0 Å². The van der Waals surface area contributed by atoms with E-state index in [4.69, 9.17) is 5.11 Å². The zero-order chi connectivity index (χ0) is 10.2. The third kappa shape index (κ3) is 2.00. The molecule has 1 saturated carbocycles. The first-order chi connectivity index (χ1) is 5.84. The third-order valence-corrected chi connectivity index (χ3v) is 2.77. The molecule has 0 radical (unpaired) electrons. The number of carboxylic acid groups (broad SMARTS) is 1. The van der Waals surface area contributed by atoms with Crippen molar-refractivity contribution in [1.82, 2.24) is 0 Å². The zero-order valence-corrected chi connectivity index (χ0v) is 7.90. The number of aliphatic hydroxyl groups is 2. The molecule has 3 atom stereocenters. The molecule has 0 heterocycles. The lowest BCUT2D eigenvalue weighted by atomic mass is 9.66. The minimum atomic E-state index is -0.982. The molecule has 0 bridgehead atoms. The van der Waals surface area contributed by atoms with E-state index >= 15 is 0 Å². The fourth-order valence-corrected chi connectivity index (χ4v) is 2.25. The Morgan fingerprint density at radius 2 is 1.92 bits per heavy atom. The number of hydrogen-bond donors (Lipinski definition) is 3. The molecule has 0 aromatic carbocycles.